The number of halogens is 3. The zero-order valence-electron chi connectivity index (χ0n) is 15.3. The second-order valence-corrected chi connectivity index (χ2v) is 8.03. The summed E-state index contributed by atoms with van der Waals surface area (Å²) in [5.74, 6) is 0.316. The van der Waals surface area contributed by atoms with E-state index in [2.05, 4.69) is 0 Å². The summed E-state index contributed by atoms with van der Waals surface area (Å²) in [5.41, 5.74) is -1.44. The highest BCUT2D eigenvalue weighted by Crippen LogP contribution is 2.44. The molecule has 1 spiro atoms. The average molecular weight is 371 g/mol. The molecule has 1 fully saturated rings. The monoisotopic (exact) mass is 371 g/mol. The Kier molecular flexibility index (Phi) is 4.61. The fourth-order valence-electron chi connectivity index (χ4n) is 3.60. The topological polar surface area (TPSA) is 38.8 Å². The molecule has 0 aromatic heterocycles. The van der Waals surface area contributed by atoms with Crippen LogP contribution in [0.5, 0.6) is 5.75 Å². The van der Waals surface area contributed by atoms with E-state index in [1.807, 2.05) is 20.8 Å². The van der Waals surface area contributed by atoms with Gasteiger partial charge in [-0.25, -0.2) is 4.79 Å². The minimum atomic E-state index is -4.38. The number of carbonyl (C=O) groups is 1. The summed E-state index contributed by atoms with van der Waals surface area (Å²) in [6.07, 6.45) is -2.71. The Morgan fingerprint density at radius 1 is 1.15 bits per heavy atom. The Bertz CT molecular complexity index is 686. The molecule has 1 saturated heterocycles. The molecule has 144 valence electrons. The quantitative estimate of drug-likeness (QED) is 0.658. The maximum atomic E-state index is 13.2. The van der Waals surface area contributed by atoms with E-state index in [4.69, 9.17) is 9.47 Å². The molecule has 7 heteroatoms. The third-order valence-corrected chi connectivity index (χ3v) is 4.92. The molecule has 26 heavy (non-hydrogen) atoms. The van der Waals surface area contributed by atoms with Gasteiger partial charge in [-0.1, -0.05) is 6.07 Å². The first-order valence-corrected chi connectivity index (χ1v) is 8.85. The van der Waals surface area contributed by atoms with Crippen LogP contribution in [-0.4, -0.2) is 35.3 Å². The van der Waals surface area contributed by atoms with Crippen LogP contribution < -0.4 is 4.74 Å². The minimum absolute atomic E-state index is 0.236. The number of likely N-dealkylation sites (tertiary alicyclic amines) is 1. The van der Waals surface area contributed by atoms with Crippen molar-refractivity contribution in [3.63, 3.8) is 0 Å². The Labute approximate surface area is 151 Å². The van der Waals surface area contributed by atoms with Crippen molar-refractivity contribution in [3.05, 3.63) is 29.3 Å². The van der Waals surface area contributed by atoms with Crippen LogP contribution in [0.25, 0.3) is 0 Å². The van der Waals surface area contributed by atoms with Gasteiger partial charge in [-0.3, -0.25) is 0 Å². The van der Waals surface area contributed by atoms with E-state index in [1.165, 1.54) is 6.07 Å². The van der Waals surface area contributed by atoms with Crippen molar-refractivity contribution in [2.45, 2.75) is 63.8 Å². The molecule has 0 atom stereocenters. The summed E-state index contributed by atoms with van der Waals surface area (Å²) in [7, 11) is 0. The van der Waals surface area contributed by atoms with E-state index >= 15 is 0 Å². The number of hydrogen-bond acceptors (Lipinski definition) is 3. The van der Waals surface area contributed by atoms with E-state index < -0.39 is 22.9 Å². The van der Waals surface area contributed by atoms with Crippen molar-refractivity contribution in [2.24, 2.45) is 0 Å². The van der Waals surface area contributed by atoms with Crippen molar-refractivity contribution >= 4 is 6.09 Å². The number of carbonyl (C=O) groups excluding carboxylic acids is 1. The van der Waals surface area contributed by atoms with Crippen LogP contribution in [0.15, 0.2) is 18.2 Å². The molecular formula is C19H24F3NO3. The molecule has 3 rings (SSSR count). The Morgan fingerprint density at radius 3 is 2.38 bits per heavy atom. The summed E-state index contributed by atoms with van der Waals surface area (Å²) >= 11 is 0. The maximum Gasteiger partial charge on any atom is 0.416 e. The lowest BCUT2D eigenvalue weighted by molar-refractivity contribution is -0.139. The summed E-state index contributed by atoms with van der Waals surface area (Å²) in [6.45, 7) is 6.40. The zero-order valence-corrected chi connectivity index (χ0v) is 15.3. The molecule has 2 heterocycles. The van der Waals surface area contributed by atoms with Crippen molar-refractivity contribution in [1.82, 2.24) is 4.90 Å². The molecule has 1 aromatic rings. The summed E-state index contributed by atoms with van der Waals surface area (Å²) in [5, 5.41) is 0. The van der Waals surface area contributed by atoms with E-state index in [9.17, 15) is 18.0 Å². The average Bonchev–Trinajstić information content (AvgIpc) is 2.52. The SMILES string of the molecule is CC(C)(C)OC(=O)N1CCC2(CCc3c(cccc3C(F)(F)F)O2)CC1. The van der Waals surface area contributed by atoms with Gasteiger partial charge in [-0.05, 0) is 45.7 Å². The minimum Gasteiger partial charge on any atom is -0.487 e. The predicted molar refractivity (Wildman–Crippen MR) is 90.2 cm³/mol. The van der Waals surface area contributed by atoms with Crippen LogP contribution in [0, 0.1) is 0 Å². The lowest BCUT2D eigenvalue weighted by Crippen LogP contribution is -2.52. The number of benzene rings is 1. The molecule has 0 aliphatic carbocycles. The van der Waals surface area contributed by atoms with Crippen LogP contribution >= 0.6 is 0 Å². The third kappa shape index (κ3) is 3.91. The van der Waals surface area contributed by atoms with Gasteiger partial charge in [0.2, 0.25) is 0 Å². The summed E-state index contributed by atoms with van der Waals surface area (Å²) in [4.78, 5) is 13.8. The van der Waals surface area contributed by atoms with Crippen LogP contribution in [0.3, 0.4) is 0 Å². The molecule has 4 nitrogen and oxygen atoms in total. The molecule has 1 aromatic carbocycles. The predicted octanol–water partition coefficient (Wildman–Crippen LogP) is 4.80. The largest absolute Gasteiger partial charge is 0.487 e. The first-order chi connectivity index (χ1) is 12.0. The van der Waals surface area contributed by atoms with Gasteiger partial charge in [0.15, 0.2) is 0 Å². The number of hydrogen-bond donors (Lipinski definition) is 0. The number of amides is 1. The Balaban J connectivity index is 1.70. The van der Waals surface area contributed by atoms with Crippen molar-refractivity contribution in [3.8, 4) is 5.75 Å². The number of piperidine rings is 1. The first-order valence-electron chi connectivity index (χ1n) is 8.85. The molecular weight excluding hydrogens is 347 g/mol. The standard InChI is InChI=1S/C19H24F3NO3/c1-17(2,3)26-16(24)23-11-9-18(10-12-23)8-7-13-14(19(20,21)22)5-4-6-15(13)25-18/h4-6H,7-12H2,1-3H3. The number of nitrogens with zero attached hydrogens (tertiary/aromatic N) is 1. The zero-order chi connectivity index (χ0) is 19.2. The highest BCUT2D eigenvalue weighted by atomic mass is 19.4. The van der Waals surface area contributed by atoms with Crippen LogP contribution in [-0.2, 0) is 17.3 Å². The molecule has 0 bridgehead atoms. The van der Waals surface area contributed by atoms with E-state index in [0.717, 1.165) is 6.07 Å². The molecule has 1 amide bonds. The lowest BCUT2D eigenvalue weighted by Gasteiger charge is -2.45. The normalized spacial score (nSPS) is 19.7. The van der Waals surface area contributed by atoms with Crippen LogP contribution in [0.2, 0.25) is 0 Å². The second-order valence-electron chi connectivity index (χ2n) is 8.03. The molecule has 2 aliphatic heterocycles. The smallest absolute Gasteiger partial charge is 0.416 e. The van der Waals surface area contributed by atoms with Crippen LogP contribution in [0.4, 0.5) is 18.0 Å². The number of fused-ring (bicyclic) bond motifs is 1. The highest BCUT2D eigenvalue weighted by molar-refractivity contribution is 5.68. The van der Waals surface area contributed by atoms with Gasteiger partial charge >= 0.3 is 12.3 Å². The summed E-state index contributed by atoms with van der Waals surface area (Å²) < 4.78 is 50.9. The van der Waals surface area contributed by atoms with E-state index in [0.29, 0.717) is 44.5 Å². The molecule has 0 saturated carbocycles. The molecule has 2 aliphatic rings. The first kappa shape index (κ1) is 18.9. The van der Waals surface area contributed by atoms with E-state index in [-0.39, 0.29) is 11.7 Å². The third-order valence-electron chi connectivity index (χ3n) is 4.92. The Morgan fingerprint density at radius 2 is 1.81 bits per heavy atom. The maximum absolute atomic E-state index is 13.2. The number of rotatable bonds is 0. The molecule has 0 unspecified atom stereocenters. The van der Waals surface area contributed by atoms with Gasteiger partial charge < -0.3 is 14.4 Å². The van der Waals surface area contributed by atoms with Crippen molar-refractivity contribution < 1.29 is 27.4 Å². The van der Waals surface area contributed by atoms with Gasteiger partial charge in [-0.2, -0.15) is 13.2 Å². The van der Waals surface area contributed by atoms with Crippen molar-refractivity contribution in [1.29, 1.82) is 0 Å². The van der Waals surface area contributed by atoms with Gasteiger partial charge in [0.05, 0.1) is 5.56 Å². The highest BCUT2D eigenvalue weighted by Gasteiger charge is 2.44. The van der Waals surface area contributed by atoms with Gasteiger partial charge in [0.25, 0.3) is 0 Å². The Hall–Kier alpha value is -1.92. The van der Waals surface area contributed by atoms with Gasteiger partial charge in [-0.15, -0.1) is 0 Å². The van der Waals surface area contributed by atoms with Gasteiger partial charge in [0.1, 0.15) is 17.0 Å². The number of alkyl halides is 3. The fourth-order valence-corrected chi connectivity index (χ4v) is 3.60. The second kappa shape index (κ2) is 6.35. The van der Waals surface area contributed by atoms with Crippen molar-refractivity contribution in [2.75, 3.05) is 13.1 Å². The van der Waals surface area contributed by atoms with Crippen LogP contribution in [0.1, 0.15) is 51.2 Å². The molecule has 0 N–H and O–H groups in total. The summed E-state index contributed by atoms with van der Waals surface area (Å²) in [6, 6.07) is 4.09. The fraction of sp³-hybridized carbons (Fsp3) is 0.632. The van der Waals surface area contributed by atoms with E-state index in [1.54, 1.807) is 11.0 Å². The number of ether oxygens (including phenoxy) is 2. The van der Waals surface area contributed by atoms with Gasteiger partial charge in [0, 0.05) is 31.5 Å². The lowest BCUT2D eigenvalue weighted by atomic mass is 9.82. The molecule has 0 radical (unpaired) electrons.